The molecule has 15 heavy (non-hydrogen) atoms. The van der Waals surface area contributed by atoms with Crippen molar-refractivity contribution in [1.29, 1.82) is 5.26 Å². The average Bonchev–Trinajstić information content (AvgIpc) is 2.60. The van der Waals surface area contributed by atoms with Crippen molar-refractivity contribution in [2.75, 3.05) is 0 Å². The Labute approximate surface area is 97.5 Å². The molecule has 0 saturated carbocycles. The van der Waals surface area contributed by atoms with Gasteiger partial charge in [-0.05, 0) is 6.42 Å². The summed E-state index contributed by atoms with van der Waals surface area (Å²) in [6.07, 6.45) is 10.3. The summed E-state index contributed by atoms with van der Waals surface area (Å²) in [7, 11) is 2.06. The van der Waals surface area contributed by atoms with E-state index in [9.17, 15) is 0 Å². The molecule has 0 amide bonds. The van der Waals surface area contributed by atoms with Crippen molar-refractivity contribution in [2.24, 2.45) is 7.05 Å². The fraction of sp³-hybridized carbons (Fsp3) is 0.636. The molecule has 0 bridgehead atoms. The van der Waals surface area contributed by atoms with E-state index in [0.29, 0.717) is 0 Å². The Bertz CT molecular complexity index is 288. The van der Waals surface area contributed by atoms with Gasteiger partial charge in [-0.15, -0.1) is 0 Å². The summed E-state index contributed by atoms with van der Waals surface area (Å²) in [4.78, 5) is 4.28. The van der Waals surface area contributed by atoms with Gasteiger partial charge in [0, 0.05) is 25.9 Å². The number of rotatable bonds is 5. The third-order valence-corrected chi connectivity index (χ3v) is 2.17. The van der Waals surface area contributed by atoms with Crippen LogP contribution in [0.4, 0.5) is 0 Å². The lowest BCUT2D eigenvalue weighted by atomic mass is 10.1. The maximum atomic E-state index is 7.18. The summed E-state index contributed by atoms with van der Waals surface area (Å²) in [6.45, 7) is 2.24. The summed E-state index contributed by atoms with van der Waals surface area (Å²) in [5.41, 5.74) is 0. The highest BCUT2D eigenvalue weighted by atomic mass is 32.1. The van der Waals surface area contributed by atoms with Crippen LogP contribution in [0.5, 0.6) is 0 Å². The van der Waals surface area contributed by atoms with Crippen molar-refractivity contribution in [3.8, 4) is 5.40 Å². The van der Waals surface area contributed by atoms with E-state index >= 15 is 0 Å². The van der Waals surface area contributed by atoms with Crippen LogP contribution >= 0.6 is 12.6 Å². The number of thiocyanates is 1. The van der Waals surface area contributed by atoms with E-state index in [0.717, 1.165) is 6.42 Å². The maximum Gasteiger partial charge on any atom is 0.130 e. The van der Waals surface area contributed by atoms with Crippen molar-refractivity contribution in [3.05, 3.63) is 18.2 Å². The molecule has 0 fully saturated rings. The molecule has 0 aliphatic rings. The van der Waals surface area contributed by atoms with Gasteiger partial charge in [-0.1, -0.05) is 38.8 Å². The van der Waals surface area contributed by atoms with Crippen LogP contribution in [-0.2, 0) is 13.5 Å². The zero-order valence-electron chi connectivity index (χ0n) is 9.48. The number of unbranched alkanes of at least 4 members (excludes halogenated alkanes) is 3. The predicted molar refractivity (Wildman–Crippen MR) is 65.7 cm³/mol. The smallest absolute Gasteiger partial charge is 0.130 e. The molecule has 0 unspecified atom stereocenters. The number of nitriles is 1. The van der Waals surface area contributed by atoms with E-state index in [4.69, 9.17) is 5.26 Å². The van der Waals surface area contributed by atoms with Crippen LogP contribution in [0, 0.1) is 10.7 Å². The summed E-state index contributed by atoms with van der Waals surface area (Å²) >= 11 is 3.09. The summed E-state index contributed by atoms with van der Waals surface area (Å²) < 4.78 is 2.10. The van der Waals surface area contributed by atoms with Crippen LogP contribution in [-0.4, -0.2) is 9.55 Å². The Hall–Kier alpha value is -0.950. The molecule has 0 N–H and O–H groups in total. The van der Waals surface area contributed by atoms with Gasteiger partial charge in [-0.25, -0.2) is 4.98 Å². The van der Waals surface area contributed by atoms with Crippen LogP contribution in [0.1, 0.15) is 38.4 Å². The highest BCUT2D eigenvalue weighted by Crippen LogP contribution is 2.04. The first kappa shape index (κ1) is 14.1. The maximum absolute atomic E-state index is 7.18. The molecular formula is C11H19N3S. The van der Waals surface area contributed by atoms with Gasteiger partial charge >= 0.3 is 0 Å². The molecule has 0 atom stereocenters. The molecule has 1 rings (SSSR count). The Balaban J connectivity index is 0.000000583. The van der Waals surface area contributed by atoms with Crippen LogP contribution in [0.2, 0.25) is 0 Å². The second kappa shape index (κ2) is 9.60. The molecule has 84 valence electrons. The number of nitrogens with zero attached hydrogens (tertiary/aromatic N) is 3. The monoisotopic (exact) mass is 225 g/mol. The molecule has 4 heteroatoms. The van der Waals surface area contributed by atoms with E-state index in [1.54, 1.807) is 0 Å². The molecule has 0 saturated heterocycles. The van der Waals surface area contributed by atoms with E-state index in [1.165, 1.54) is 36.9 Å². The second-order valence-corrected chi connectivity index (χ2v) is 3.57. The topological polar surface area (TPSA) is 41.6 Å². The highest BCUT2D eigenvalue weighted by Gasteiger charge is 1.97. The lowest BCUT2D eigenvalue weighted by Crippen LogP contribution is -1.96. The lowest BCUT2D eigenvalue weighted by Gasteiger charge is -2.00. The zero-order valence-corrected chi connectivity index (χ0v) is 10.4. The minimum absolute atomic E-state index is 1.13. The minimum atomic E-state index is 1.13. The molecule has 0 aromatic carbocycles. The molecule has 1 aromatic rings. The van der Waals surface area contributed by atoms with E-state index < -0.39 is 0 Å². The summed E-state index contributed by atoms with van der Waals surface area (Å²) in [6, 6.07) is 0. The van der Waals surface area contributed by atoms with Crippen LogP contribution < -0.4 is 0 Å². The van der Waals surface area contributed by atoms with Crippen LogP contribution in [0.25, 0.3) is 0 Å². The number of aryl methyl sites for hydroxylation is 2. The average molecular weight is 225 g/mol. The van der Waals surface area contributed by atoms with Crippen LogP contribution in [0.15, 0.2) is 12.4 Å². The van der Waals surface area contributed by atoms with Crippen molar-refractivity contribution in [3.63, 3.8) is 0 Å². The number of imidazole rings is 1. The van der Waals surface area contributed by atoms with Crippen molar-refractivity contribution in [2.45, 2.75) is 39.0 Å². The molecule has 0 aliphatic carbocycles. The van der Waals surface area contributed by atoms with Gasteiger partial charge in [0.1, 0.15) is 11.2 Å². The number of thiol groups is 1. The number of aromatic nitrogens is 2. The summed E-state index contributed by atoms with van der Waals surface area (Å²) in [5, 5.41) is 8.63. The minimum Gasteiger partial charge on any atom is -0.338 e. The van der Waals surface area contributed by atoms with E-state index in [-0.39, 0.29) is 0 Å². The SMILES string of the molecule is CCCCCCc1nccn1C.N#CS. The normalized spacial score (nSPS) is 8.93. The first-order chi connectivity index (χ1) is 7.26. The third-order valence-electron chi connectivity index (χ3n) is 2.17. The lowest BCUT2D eigenvalue weighted by molar-refractivity contribution is 0.639. The van der Waals surface area contributed by atoms with E-state index in [2.05, 4.69) is 36.2 Å². The van der Waals surface area contributed by atoms with Gasteiger partial charge in [-0.2, -0.15) is 5.26 Å². The van der Waals surface area contributed by atoms with Gasteiger partial charge in [0.15, 0.2) is 0 Å². The van der Waals surface area contributed by atoms with Gasteiger partial charge in [0.25, 0.3) is 0 Å². The fourth-order valence-electron chi connectivity index (χ4n) is 1.35. The Morgan fingerprint density at radius 3 is 2.60 bits per heavy atom. The molecule has 1 heterocycles. The van der Waals surface area contributed by atoms with Crippen molar-refractivity contribution >= 4 is 12.6 Å². The molecule has 0 radical (unpaired) electrons. The Kier molecular flexibility index (Phi) is 8.99. The Morgan fingerprint density at radius 1 is 1.47 bits per heavy atom. The molecule has 3 nitrogen and oxygen atoms in total. The zero-order chi connectivity index (χ0) is 11.5. The first-order valence-corrected chi connectivity index (χ1v) is 5.70. The van der Waals surface area contributed by atoms with Gasteiger partial charge in [-0.3, -0.25) is 0 Å². The number of hydrogen-bond acceptors (Lipinski definition) is 3. The predicted octanol–water partition coefficient (Wildman–Crippen LogP) is 2.94. The van der Waals surface area contributed by atoms with Gasteiger partial charge < -0.3 is 4.57 Å². The third kappa shape index (κ3) is 7.03. The van der Waals surface area contributed by atoms with Gasteiger partial charge in [0.2, 0.25) is 0 Å². The second-order valence-electron chi connectivity index (χ2n) is 3.37. The number of hydrogen-bond donors (Lipinski definition) is 1. The Morgan fingerprint density at radius 2 is 2.13 bits per heavy atom. The molecular weight excluding hydrogens is 206 g/mol. The highest BCUT2D eigenvalue weighted by molar-refractivity contribution is 7.85. The van der Waals surface area contributed by atoms with E-state index in [1.807, 2.05) is 12.4 Å². The van der Waals surface area contributed by atoms with Gasteiger partial charge in [0.05, 0.1) is 0 Å². The molecule has 0 spiro atoms. The van der Waals surface area contributed by atoms with Crippen molar-refractivity contribution in [1.82, 2.24) is 9.55 Å². The van der Waals surface area contributed by atoms with Crippen molar-refractivity contribution < 1.29 is 0 Å². The molecule has 0 aliphatic heterocycles. The quantitative estimate of drug-likeness (QED) is 0.475. The summed E-state index contributed by atoms with van der Waals surface area (Å²) in [5.74, 6) is 1.21. The fourth-order valence-corrected chi connectivity index (χ4v) is 1.35. The first-order valence-electron chi connectivity index (χ1n) is 5.25. The standard InChI is InChI=1S/C10H18N2.CHNS/c1-3-4-5-6-7-10-11-8-9-12(10)2;2-1-3/h8-9H,3-7H2,1-2H3;3H. The largest absolute Gasteiger partial charge is 0.338 e. The van der Waals surface area contributed by atoms with Crippen LogP contribution in [0.3, 0.4) is 0 Å². The molecule has 1 aromatic heterocycles.